The van der Waals surface area contributed by atoms with Crippen molar-refractivity contribution in [3.8, 4) is 0 Å². The molecule has 0 amide bonds. The topological polar surface area (TPSA) is 9.23 Å². The number of fused-ring (bicyclic) bond motifs is 7. The molecule has 0 saturated heterocycles. The molecular formula is C15H20OSi2. The van der Waals surface area contributed by atoms with Gasteiger partial charge in [0.05, 0.1) is 0 Å². The molecule has 2 bridgehead atoms. The minimum atomic E-state index is -1.66. The van der Waals surface area contributed by atoms with Crippen LogP contribution in [0.25, 0.3) is 0 Å². The number of rotatable bonds is 0. The molecule has 0 saturated carbocycles. The van der Waals surface area contributed by atoms with E-state index in [9.17, 15) is 0 Å². The smallest absolute Gasteiger partial charge is 0.206 e. The summed E-state index contributed by atoms with van der Waals surface area (Å²) in [5, 5.41) is 3.27. The highest BCUT2D eigenvalue weighted by Gasteiger charge is 2.50. The third-order valence-corrected chi connectivity index (χ3v) is 12.7. The molecule has 3 heteroatoms. The van der Waals surface area contributed by atoms with E-state index in [4.69, 9.17) is 4.12 Å². The first-order valence-electron chi connectivity index (χ1n) is 6.96. The van der Waals surface area contributed by atoms with Gasteiger partial charge in [-0.15, -0.1) is 0 Å². The normalized spacial score (nSPS) is 32.7. The van der Waals surface area contributed by atoms with E-state index in [2.05, 4.69) is 50.5 Å². The second kappa shape index (κ2) is 3.08. The van der Waals surface area contributed by atoms with Crippen molar-refractivity contribution in [3.05, 3.63) is 35.4 Å². The minimum Gasteiger partial charge on any atom is -0.449 e. The van der Waals surface area contributed by atoms with Crippen LogP contribution in [-0.2, 0) is 4.12 Å². The summed E-state index contributed by atoms with van der Waals surface area (Å²) in [4.78, 5) is 0. The number of allylic oxidation sites excluding steroid dienone is 2. The molecule has 0 N–H and O–H groups in total. The molecule has 0 aromatic heterocycles. The maximum absolute atomic E-state index is 6.59. The summed E-state index contributed by atoms with van der Waals surface area (Å²) in [5.74, 6) is 1.39. The summed E-state index contributed by atoms with van der Waals surface area (Å²) < 4.78 is 6.59. The predicted molar refractivity (Wildman–Crippen MR) is 81.0 cm³/mol. The predicted octanol–water partition coefficient (Wildman–Crippen LogP) is 2.68. The zero-order valence-electron chi connectivity index (χ0n) is 11.6. The average Bonchev–Trinajstić information content (AvgIpc) is 2.90. The Morgan fingerprint density at radius 3 is 2.50 bits per heavy atom. The van der Waals surface area contributed by atoms with Crippen LogP contribution >= 0.6 is 0 Å². The molecule has 2 atom stereocenters. The highest BCUT2D eigenvalue weighted by Crippen LogP contribution is 2.48. The Bertz CT molecular complexity index is 586. The molecule has 1 aromatic carbocycles. The van der Waals surface area contributed by atoms with Gasteiger partial charge in [-0.05, 0) is 54.1 Å². The Morgan fingerprint density at radius 2 is 1.72 bits per heavy atom. The van der Waals surface area contributed by atoms with Crippen LogP contribution in [0.15, 0.2) is 24.3 Å². The van der Waals surface area contributed by atoms with Gasteiger partial charge in [-0.2, -0.15) is 0 Å². The standard InChI is InChI=1S/C15H20OSi2/c1-17(2)13-8-7-12-10-5-6-11(9-10)14(12)15(13)18(3,4)16-17/h5-8,10-11H,9H2,1-4H3/t10-,11+/m1/s1. The van der Waals surface area contributed by atoms with Crippen LogP contribution < -0.4 is 10.4 Å². The van der Waals surface area contributed by atoms with E-state index >= 15 is 0 Å². The Kier molecular flexibility index (Phi) is 1.92. The Morgan fingerprint density at radius 1 is 1.00 bits per heavy atom. The molecule has 3 aliphatic rings. The van der Waals surface area contributed by atoms with Gasteiger partial charge >= 0.3 is 0 Å². The molecular weight excluding hydrogens is 252 g/mol. The van der Waals surface area contributed by atoms with Gasteiger partial charge in [0.25, 0.3) is 0 Å². The average molecular weight is 272 g/mol. The van der Waals surface area contributed by atoms with Crippen molar-refractivity contribution in [1.29, 1.82) is 0 Å². The van der Waals surface area contributed by atoms with Crippen molar-refractivity contribution in [2.24, 2.45) is 0 Å². The van der Waals surface area contributed by atoms with Gasteiger partial charge in [0, 0.05) is 11.8 Å². The third-order valence-electron chi connectivity index (χ3n) is 4.89. The fourth-order valence-electron chi connectivity index (χ4n) is 4.40. The summed E-state index contributed by atoms with van der Waals surface area (Å²) in [6, 6.07) is 4.80. The molecule has 0 unspecified atom stereocenters. The Balaban J connectivity index is 2.05. The van der Waals surface area contributed by atoms with E-state index in [0.717, 1.165) is 0 Å². The van der Waals surface area contributed by atoms with E-state index in [1.54, 1.807) is 21.5 Å². The zero-order chi connectivity index (χ0) is 12.7. The maximum atomic E-state index is 6.59. The molecule has 94 valence electrons. The maximum Gasteiger partial charge on any atom is 0.206 e. The number of hydrogen-bond donors (Lipinski definition) is 0. The van der Waals surface area contributed by atoms with Gasteiger partial charge in [-0.3, -0.25) is 0 Å². The van der Waals surface area contributed by atoms with Crippen LogP contribution in [0, 0.1) is 0 Å². The minimum absolute atomic E-state index is 0.693. The van der Waals surface area contributed by atoms with Crippen LogP contribution in [0.4, 0.5) is 0 Å². The Labute approximate surface area is 111 Å². The second-order valence-corrected chi connectivity index (χ2v) is 14.8. The largest absolute Gasteiger partial charge is 0.449 e. The van der Waals surface area contributed by atoms with E-state index < -0.39 is 16.6 Å². The SMILES string of the molecule is C[Si]1(C)O[Si](C)(C)c2c1ccc1c2[C@H]2C=C[C@@H]1C2. The Hall–Kier alpha value is -0.646. The lowest BCUT2D eigenvalue weighted by atomic mass is 9.97. The lowest BCUT2D eigenvalue weighted by Gasteiger charge is -2.24. The van der Waals surface area contributed by atoms with Gasteiger partial charge in [0.1, 0.15) is 0 Å². The first-order valence-corrected chi connectivity index (χ1v) is 12.8. The zero-order valence-corrected chi connectivity index (χ0v) is 13.6. The number of benzene rings is 1. The summed E-state index contributed by atoms with van der Waals surface area (Å²) in [7, 11) is -3.29. The molecule has 4 rings (SSSR count). The van der Waals surface area contributed by atoms with Crippen LogP contribution in [0.3, 0.4) is 0 Å². The quantitative estimate of drug-likeness (QED) is 0.521. The monoisotopic (exact) mass is 272 g/mol. The molecule has 1 nitrogen and oxygen atoms in total. The van der Waals surface area contributed by atoms with Crippen LogP contribution in [0.1, 0.15) is 29.4 Å². The van der Waals surface area contributed by atoms with E-state index in [0.29, 0.717) is 11.8 Å². The molecule has 0 fully saturated rings. The highest BCUT2D eigenvalue weighted by molar-refractivity contribution is 7.06. The molecule has 2 aliphatic carbocycles. The van der Waals surface area contributed by atoms with E-state index in [1.807, 2.05) is 0 Å². The van der Waals surface area contributed by atoms with Crippen molar-refractivity contribution in [2.45, 2.75) is 44.4 Å². The molecule has 1 aromatic rings. The lowest BCUT2D eigenvalue weighted by molar-refractivity contribution is 0.583. The van der Waals surface area contributed by atoms with Crippen molar-refractivity contribution in [2.75, 3.05) is 0 Å². The first kappa shape index (κ1) is 11.2. The van der Waals surface area contributed by atoms with Gasteiger partial charge in [-0.1, -0.05) is 24.3 Å². The number of hydrogen-bond acceptors (Lipinski definition) is 1. The van der Waals surface area contributed by atoms with E-state index in [-0.39, 0.29) is 0 Å². The summed E-state index contributed by atoms with van der Waals surface area (Å²) >= 11 is 0. The molecule has 1 aliphatic heterocycles. The fraction of sp³-hybridized carbons (Fsp3) is 0.467. The highest BCUT2D eigenvalue weighted by atomic mass is 28.4. The second-order valence-electron chi connectivity index (χ2n) is 6.95. The van der Waals surface area contributed by atoms with Gasteiger partial charge in [-0.25, -0.2) is 0 Å². The van der Waals surface area contributed by atoms with Crippen LogP contribution in [0.2, 0.25) is 26.2 Å². The summed E-state index contributed by atoms with van der Waals surface area (Å²) in [6.45, 7) is 9.51. The van der Waals surface area contributed by atoms with Crippen molar-refractivity contribution < 1.29 is 4.12 Å². The van der Waals surface area contributed by atoms with Crippen molar-refractivity contribution in [3.63, 3.8) is 0 Å². The van der Waals surface area contributed by atoms with E-state index in [1.165, 1.54) is 6.42 Å². The van der Waals surface area contributed by atoms with Crippen molar-refractivity contribution in [1.82, 2.24) is 0 Å². The lowest BCUT2D eigenvalue weighted by Crippen LogP contribution is -2.47. The molecule has 1 heterocycles. The van der Waals surface area contributed by atoms with Gasteiger partial charge < -0.3 is 4.12 Å². The van der Waals surface area contributed by atoms with Crippen molar-refractivity contribution >= 4 is 27.0 Å². The summed E-state index contributed by atoms with van der Waals surface area (Å²) in [6.07, 6.45) is 6.16. The first-order chi connectivity index (χ1) is 8.40. The van der Waals surface area contributed by atoms with Crippen LogP contribution in [-0.4, -0.2) is 16.6 Å². The van der Waals surface area contributed by atoms with Gasteiger partial charge in [0.2, 0.25) is 16.6 Å². The fourth-order valence-corrected chi connectivity index (χ4v) is 15.1. The molecule has 0 spiro atoms. The van der Waals surface area contributed by atoms with Gasteiger partial charge in [0.15, 0.2) is 0 Å². The van der Waals surface area contributed by atoms with Crippen LogP contribution in [0.5, 0.6) is 0 Å². The summed E-state index contributed by atoms with van der Waals surface area (Å²) in [5.41, 5.74) is 3.28. The third kappa shape index (κ3) is 1.20. The molecule has 18 heavy (non-hydrogen) atoms. The molecule has 0 radical (unpaired) electrons.